The van der Waals surface area contributed by atoms with Crippen LogP contribution in [-0.4, -0.2) is 54.6 Å². The number of nitrogens with one attached hydrogen (secondary N) is 3. The second-order valence-corrected chi connectivity index (χ2v) is 7.14. The third-order valence-corrected chi connectivity index (χ3v) is 4.94. The smallest absolute Gasteiger partial charge is 0.325 e. The summed E-state index contributed by atoms with van der Waals surface area (Å²) in [5.74, 6) is -0.323. The molecule has 6 amide bonds. The Morgan fingerprint density at radius 2 is 1.93 bits per heavy atom. The highest BCUT2D eigenvalue weighted by Crippen LogP contribution is 2.36. The quantitative estimate of drug-likeness (QED) is 0.625. The Hall–Kier alpha value is -3.30. The van der Waals surface area contributed by atoms with Gasteiger partial charge in [-0.1, -0.05) is 13.0 Å². The van der Waals surface area contributed by atoms with Crippen molar-refractivity contribution in [2.45, 2.75) is 38.8 Å². The lowest BCUT2D eigenvalue weighted by Gasteiger charge is -2.25. The third-order valence-electron chi connectivity index (χ3n) is 4.94. The van der Waals surface area contributed by atoms with E-state index < -0.39 is 36.0 Å². The van der Waals surface area contributed by atoms with E-state index in [1.165, 1.54) is 0 Å². The predicted molar refractivity (Wildman–Crippen MR) is 101 cm³/mol. The zero-order valence-corrected chi connectivity index (χ0v) is 16.5. The maximum absolute atomic E-state index is 12.9. The van der Waals surface area contributed by atoms with Crippen molar-refractivity contribution in [1.29, 1.82) is 0 Å². The van der Waals surface area contributed by atoms with Crippen LogP contribution in [0.4, 0.5) is 9.59 Å². The van der Waals surface area contributed by atoms with Crippen molar-refractivity contribution in [3.05, 3.63) is 23.8 Å². The highest BCUT2D eigenvalue weighted by Gasteiger charge is 2.49. The van der Waals surface area contributed by atoms with Crippen LogP contribution in [0.5, 0.6) is 11.5 Å². The van der Waals surface area contributed by atoms with E-state index in [9.17, 15) is 19.2 Å². The number of fused-ring (bicyclic) bond motifs is 1. The standard InChI is InChI=1S/C19H24N4O6/c1-4-11(2)20-17(26)21-15(24)10-23-16(25)19(3,22-18(23)27)12-5-6-13-14(9-12)29-8-7-28-13/h5-6,9,11H,4,7-8,10H2,1-3H3,(H,22,27)(H2,20,21,24,26)/t11-,19-/m0/s1. The van der Waals surface area contributed by atoms with Crippen LogP contribution in [0.15, 0.2) is 18.2 Å². The van der Waals surface area contributed by atoms with Crippen molar-refractivity contribution in [3.63, 3.8) is 0 Å². The van der Waals surface area contributed by atoms with Crippen molar-refractivity contribution in [2.75, 3.05) is 19.8 Å². The van der Waals surface area contributed by atoms with Gasteiger partial charge in [0.1, 0.15) is 25.3 Å². The topological polar surface area (TPSA) is 126 Å². The number of amides is 6. The van der Waals surface area contributed by atoms with E-state index in [4.69, 9.17) is 9.47 Å². The second-order valence-electron chi connectivity index (χ2n) is 7.14. The fraction of sp³-hybridized carbons (Fsp3) is 0.474. The van der Waals surface area contributed by atoms with Crippen LogP contribution in [0.2, 0.25) is 0 Å². The normalized spacial score (nSPS) is 21.4. The lowest BCUT2D eigenvalue weighted by atomic mass is 9.91. The molecule has 0 spiro atoms. The summed E-state index contributed by atoms with van der Waals surface area (Å²) in [6.45, 7) is 5.48. The van der Waals surface area contributed by atoms with Crippen molar-refractivity contribution in [1.82, 2.24) is 20.9 Å². The number of carbonyl (C=O) groups excluding carboxylic acids is 4. The average molecular weight is 404 g/mol. The van der Waals surface area contributed by atoms with E-state index >= 15 is 0 Å². The van der Waals surface area contributed by atoms with Gasteiger partial charge in [0.05, 0.1) is 0 Å². The zero-order chi connectivity index (χ0) is 21.2. The minimum absolute atomic E-state index is 0.113. The van der Waals surface area contributed by atoms with Gasteiger partial charge in [-0.05, 0) is 38.0 Å². The largest absolute Gasteiger partial charge is 0.486 e. The van der Waals surface area contributed by atoms with Gasteiger partial charge in [0.15, 0.2) is 11.5 Å². The van der Waals surface area contributed by atoms with Gasteiger partial charge in [-0.3, -0.25) is 19.8 Å². The Bertz CT molecular complexity index is 857. The van der Waals surface area contributed by atoms with E-state index in [2.05, 4.69) is 16.0 Å². The van der Waals surface area contributed by atoms with Gasteiger partial charge in [-0.25, -0.2) is 9.59 Å². The summed E-state index contributed by atoms with van der Waals surface area (Å²) in [4.78, 5) is 50.0. The van der Waals surface area contributed by atoms with E-state index in [-0.39, 0.29) is 6.04 Å². The third kappa shape index (κ3) is 4.10. The molecule has 1 fully saturated rings. The average Bonchev–Trinajstić information content (AvgIpc) is 2.91. The number of urea groups is 2. The molecule has 0 radical (unpaired) electrons. The van der Waals surface area contributed by atoms with Gasteiger partial charge in [0.2, 0.25) is 5.91 Å². The van der Waals surface area contributed by atoms with E-state index in [0.29, 0.717) is 36.7 Å². The molecule has 156 valence electrons. The molecule has 3 rings (SSSR count). The number of hydrogen-bond donors (Lipinski definition) is 3. The molecule has 29 heavy (non-hydrogen) atoms. The molecule has 10 heteroatoms. The van der Waals surface area contributed by atoms with Crippen LogP contribution >= 0.6 is 0 Å². The summed E-state index contributed by atoms with van der Waals surface area (Å²) >= 11 is 0. The first-order valence-corrected chi connectivity index (χ1v) is 9.39. The molecule has 2 heterocycles. The van der Waals surface area contributed by atoms with Crippen molar-refractivity contribution in [3.8, 4) is 11.5 Å². The highest BCUT2D eigenvalue weighted by atomic mass is 16.6. The molecule has 1 saturated heterocycles. The van der Waals surface area contributed by atoms with Crippen LogP contribution in [0.25, 0.3) is 0 Å². The van der Waals surface area contributed by atoms with Crippen LogP contribution in [0.3, 0.4) is 0 Å². The first-order valence-electron chi connectivity index (χ1n) is 9.39. The van der Waals surface area contributed by atoms with Gasteiger partial charge >= 0.3 is 12.1 Å². The van der Waals surface area contributed by atoms with E-state index in [1.807, 2.05) is 6.92 Å². The number of hydrogen-bond acceptors (Lipinski definition) is 6. The highest BCUT2D eigenvalue weighted by molar-refractivity contribution is 6.10. The fourth-order valence-electron chi connectivity index (χ4n) is 3.06. The fourth-order valence-corrected chi connectivity index (χ4v) is 3.06. The summed E-state index contributed by atoms with van der Waals surface area (Å²) < 4.78 is 11.0. The second kappa shape index (κ2) is 7.98. The summed E-state index contributed by atoms with van der Waals surface area (Å²) in [5.41, 5.74) is -0.871. The van der Waals surface area contributed by atoms with E-state index in [1.54, 1.807) is 32.0 Å². The number of imide groups is 2. The van der Waals surface area contributed by atoms with Crippen LogP contribution in [0, 0.1) is 0 Å². The van der Waals surface area contributed by atoms with Crippen molar-refractivity contribution in [2.24, 2.45) is 0 Å². The summed E-state index contributed by atoms with van der Waals surface area (Å²) in [7, 11) is 0. The minimum atomic E-state index is -1.37. The Labute approximate surface area is 167 Å². The van der Waals surface area contributed by atoms with Gasteiger partial charge in [-0.15, -0.1) is 0 Å². The lowest BCUT2D eigenvalue weighted by molar-refractivity contribution is -0.134. The van der Waals surface area contributed by atoms with Crippen molar-refractivity contribution < 1.29 is 28.7 Å². The van der Waals surface area contributed by atoms with E-state index in [0.717, 1.165) is 4.90 Å². The molecule has 10 nitrogen and oxygen atoms in total. The maximum Gasteiger partial charge on any atom is 0.325 e. The van der Waals surface area contributed by atoms with Gasteiger partial charge in [0.25, 0.3) is 5.91 Å². The van der Waals surface area contributed by atoms with Crippen LogP contribution < -0.4 is 25.4 Å². The molecule has 0 aliphatic carbocycles. The molecule has 0 unspecified atom stereocenters. The Morgan fingerprint density at radius 3 is 2.62 bits per heavy atom. The molecule has 0 aromatic heterocycles. The first-order chi connectivity index (χ1) is 13.7. The summed E-state index contributed by atoms with van der Waals surface area (Å²) in [6, 6.07) is 3.46. The molecule has 0 bridgehead atoms. The minimum Gasteiger partial charge on any atom is -0.486 e. The lowest BCUT2D eigenvalue weighted by Crippen LogP contribution is -2.48. The molecule has 3 N–H and O–H groups in total. The molecular weight excluding hydrogens is 380 g/mol. The Kier molecular flexibility index (Phi) is 5.62. The molecular formula is C19H24N4O6. The molecule has 2 aliphatic heterocycles. The first kappa shape index (κ1) is 20.4. The number of benzene rings is 1. The number of ether oxygens (including phenoxy) is 2. The number of rotatable bonds is 5. The molecule has 1 aromatic carbocycles. The molecule has 2 atom stereocenters. The zero-order valence-electron chi connectivity index (χ0n) is 16.5. The molecule has 2 aliphatic rings. The molecule has 0 saturated carbocycles. The Morgan fingerprint density at radius 1 is 1.24 bits per heavy atom. The maximum atomic E-state index is 12.9. The summed E-state index contributed by atoms with van der Waals surface area (Å²) in [5, 5.41) is 7.31. The van der Waals surface area contributed by atoms with Gasteiger partial charge < -0.3 is 20.1 Å². The number of carbonyl (C=O) groups is 4. The van der Waals surface area contributed by atoms with Gasteiger partial charge in [-0.2, -0.15) is 0 Å². The van der Waals surface area contributed by atoms with Gasteiger partial charge in [0, 0.05) is 6.04 Å². The SMILES string of the molecule is CC[C@H](C)NC(=O)NC(=O)CN1C(=O)N[C@@](C)(c2ccc3c(c2)OCCO3)C1=O. The van der Waals surface area contributed by atoms with Crippen LogP contribution in [-0.2, 0) is 15.1 Å². The number of nitrogens with zero attached hydrogens (tertiary/aromatic N) is 1. The monoisotopic (exact) mass is 404 g/mol. The summed E-state index contributed by atoms with van der Waals surface area (Å²) in [6.07, 6.45) is 0.697. The van der Waals surface area contributed by atoms with Crippen molar-refractivity contribution >= 4 is 23.9 Å². The Balaban J connectivity index is 1.70. The van der Waals surface area contributed by atoms with Crippen LogP contribution in [0.1, 0.15) is 32.8 Å². The molecule has 1 aromatic rings. The predicted octanol–water partition coefficient (Wildman–Crippen LogP) is 0.849.